The maximum Gasteiger partial charge on any atom is 0.240 e. The van der Waals surface area contributed by atoms with Crippen LogP contribution in [0.3, 0.4) is 0 Å². The lowest BCUT2D eigenvalue weighted by molar-refractivity contribution is 0.281. The van der Waals surface area contributed by atoms with Crippen molar-refractivity contribution in [3.8, 4) is 0 Å². The molecule has 0 atom stereocenters. The first-order valence-corrected chi connectivity index (χ1v) is 7.80. The number of hydrogen-bond acceptors (Lipinski definition) is 4. The van der Waals surface area contributed by atoms with Crippen LogP contribution in [0.5, 0.6) is 0 Å². The average molecular weight is 313 g/mol. The van der Waals surface area contributed by atoms with Gasteiger partial charge < -0.3 is 10.1 Å². The third kappa shape index (κ3) is 3.66. The van der Waals surface area contributed by atoms with Crippen molar-refractivity contribution in [1.29, 1.82) is 0 Å². The highest BCUT2D eigenvalue weighted by molar-refractivity contribution is 7.89. The molecule has 2 rings (SSSR count). The molecule has 1 aromatic heterocycles. The van der Waals surface area contributed by atoms with E-state index in [1.807, 2.05) is 0 Å². The molecule has 0 radical (unpaired) electrons. The summed E-state index contributed by atoms with van der Waals surface area (Å²) in [6, 6.07) is 2.39. The van der Waals surface area contributed by atoms with Crippen molar-refractivity contribution in [1.82, 2.24) is 14.7 Å². The molecule has 0 unspecified atom stereocenters. The van der Waals surface area contributed by atoms with Crippen molar-refractivity contribution in [2.45, 2.75) is 24.8 Å². The van der Waals surface area contributed by atoms with Gasteiger partial charge in [-0.3, -0.25) is 0 Å². The van der Waals surface area contributed by atoms with Crippen molar-refractivity contribution in [3.05, 3.63) is 47.3 Å². The van der Waals surface area contributed by atoms with Gasteiger partial charge in [-0.05, 0) is 24.6 Å². The monoisotopic (exact) mass is 313 g/mol. The molecule has 0 aliphatic heterocycles. The van der Waals surface area contributed by atoms with Crippen LogP contribution < -0.4 is 4.72 Å². The second kappa shape index (κ2) is 6.33. The Morgan fingerprint density at radius 2 is 2.19 bits per heavy atom. The summed E-state index contributed by atoms with van der Waals surface area (Å²) in [6.07, 6.45) is 3.62. The lowest BCUT2D eigenvalue weighted by Gasteiger charge is -2.11. The van der Waals surface area contributed by atoms with Gasteiger partial charge in [0.05, 0.1) is 11.5 Å². The molecule has 21 heavy (non-hydrogen) atoms. The summed E-state index contributed by atoms with van der Waals surface area (Å²) in [5.41, 5.74) is 0.238. The fourth-order valence-corrected chi connectivity index (χ4v) is 3.23. The van der Waals surface area contributed by atoms with Crippen LogP contribution >= 0.6 is 0 Å². The van der Waals surface area contributed by atoms with Gasteiger partial charge in [0.2, 0.25) is 10.0 Å². The minimum atomic E-state index is -3.84. The van der Waals surface area contributed by atoms with Crippen molar-refractivity contribution in [2.24, 2.45) is 0 Å². The van der Waals surface area contributed by atoms with Crippen LogP contribution in [0.25, 0.3) is 0 Å². The number of halogens is 1. The lowest BCUT2D eigenvalue weighted by Crippen LogP contribution is -2.27. The zero-order valence-corrected chi connectivity index (χ0v) is 12.2. The first-order chi connectivity index (χ1) is 9.94. The SMILES string of the molecule is Cc1c(F)cc(CO)cc1S(=O)(=O)NCCc1ncc[nH]1. The van der Waals surface area contributed by atoms with Crippen LogP contribution in [-0.4, -0.2) is 30.0 Å². The third-order valence-corrected chi connectivity index (χ3v) is 4.62. The number of H-pyrrole nitrogens is 1. The standard InChI is InChI=1S/C13H16FN3O3S/c1-9-11(14)6-10(8-18)7-12(9)21(19,20)17-3-2-13-15-4-5-16-13/h4-7,17-18H,2-3,8H2,1H3,(H,15,16). The Bertz CT molecular complexity index is 715. The predicted octanol–water partition coefficient (Wildman–Crippen LogP) is 0.871. The first-order valence-electron chi connectivity index (χ1n) is 6.32. The molecule has 114 valence electrons. The van der Waals surface area contributed by atoms with Gasteiger partial charge in [0.15, 0.2) is 0 Å². The average Bonchev–Trinajstić information content (AvgIpc) is 2.94. The molecule has 3 N–H and O–H groups in total. The number of imidazole rings is 1. The van der Waals surface area contributed by atoms with E-state index in [0.717, 1.165) is 6.07 Å². The largest absolute Gasteiger partial charge is 0.392 e. The highest BCUT2D eigenvalue weighted by Crippen LogP contribution is 2.20. The molecule has 6 nitrogen and oxygen atoms in total. The van der Waals surface area contributed by atoms with Crippen molar-refractivity contribution in [3.63, 3.8) is 0 Å². The summed E-state index contributed by atoms with van der Waals surface area (Å²) in [5.74, 6) is -0.00216. The van der Waals surface area contributed by atoms with Gasteiger partial charge >= 0.3 is 0 Å². The van der Waals surface area contributed by atoms with Crippen LogP contribution in [0, 0.1) is 12.7 Å². The summed E-state index contributed by atoms with van der Waals surface area (Å²) in [4.78, 5) is 6.69. The molecule has 1 heterocycles. The molecule has 8 heteroatoms. The zero-order chi connectivity index (χ0) is 15.5. The smallest absolute Gasteiger partial charge is 0.240 e. The van der Waals surface area contributed by atoms with E-state index in [9.17, 15) is 12.8 Å². The second-order valence-electron chi connectivity index (χ2n) is 4.54. The fraction of sp³-hybridized carbons (Fsp3) is 0.308. The van der Waals surface area contributed by atoms with Gasteiger partial charge in [0.25, 0.3) is 0 Å². The predicted molar refractivity (Wildman–Crippen MR) is 74.5 cm³/mol. The molecule has 0 aliphatic carbocycles. The molecule has 0 saturated carbocycles. The number of aliphatic hydroxyl groups excluding tert-OH is 1. The number of nitrogens with zero attached hydrogens (tertiary/aromatic N) is 1. The number of aromatic nitrogens is 2. The van der Waals surface area contributed by atoms with Gasteiger partial charge in [-0.15, -0.1) is 0 Å². The minimum Gasteiger partial charge on any atom is -0.392 e. The topological polar surface area (TPSA) is 95.1 Å². The van der Waals surface area contributed by atoms with Crippen molar-refractivity contribution < 1.29 is 17.9 Å². The summed E-state index contributed by atoms with van der Waals surface area (Å²) in [6.45, 7) is 1.10. The highest BCUT2D eigenvalue weighted by Gasteiger charge is 2.19. The molecular formula is C13H16FN3O3S. The maximum absolute atomic E-state index is 13.7. The lowest BCUT2D eigenvalue weighted by atomic mass is 10.1. The number of aromatic amines is 1. The number of rotatable bonds is 6. The summed E-state index contributed by atoms with van der Waals surface area (Å²) >= 11 is 0. The van der Waals surface area contributed by atoms with Crippen LogP contribution in [0.15, 0.2) is 29.4 Å². The van der Waals surface area contributed by atoms with E-state index in [1.165, 1.54) is 13.0 Å². The Morgan fingerprint density at radius 3 is 2.81 bits per heavy atom. The van der Waals surface area contributed by atoms with Crippen LogP contribution in [0.4, 0.5) is 4.39 Å². The van der Waals surface area contributed by atoms with E-state index in [4.69, 9.17) is 5.11 Å². The molecule has 0 fully saturated rings. The number of hydrogen-bond donors (Lipinski definition) is 3. The molecular weight excluding hydrogens is 297 g/mol. The van der Waals surface area contributed by atoms with Gasteiger partial charge in [-0.25, -0.2) is 22.5 Å². The Kier molecular flexibility index (Phi) is 4.71. The Hall–Kier alpha value is -1.77. The van der Waals surface area contributed by atoms with Crippen LogP contribution in [-0.2, 0) is 23.1 Å². The zero-order valence-electron chi connectivity index (χ0n) is 11.4. The third-order valence-electron chi connectivity index (χ3n) is 3.04. The minimum absolute atomic E-state index is 0.0256. The number of nitrogens with one attached hydrogen (secondary N) is 2. The molecule has 0 amide bonds. The Morgan fingerprint density at radius 1 is 1.43 bits per heavy atom. The second-order valence-corrected chi connectivity index (χ2v) is 6.28. The van der Waals surface area contributed by atoms with E-state index in [0.29, 0.717) is 12.2 Å². The summed E-state index contributed by atoms with van der Waals surface area (Å²) in [7, 11) is -3.84. The molecule has 0 bridgehead atoms. The van der Waals surface area contributed by atoms with E-state index < -0.39 is 22.4 Å². The van der Waals surface area contributed by atoms with E-state index in [1.54, 1.807) is 12.4 Å². The normalized spacial score (nSPS) is 11.8. The molecule has 0 aliphatic rings. The van der Waals surface area contributed by atoms with E-state index in [2.05, 4.69) is 14.7 Å². The van der Waals surface area contributed by atoms with Crippen molar-refractivity contribution >= 4 is 10.0 Å². The molecule has 0 saturated heterocycles. The number of sulfonamides is 1. The first kappa shape index (κ1) is 15.6. The van der Waals surface area contributed by atoms with Crippen LogP contribution in [0.2, 0.25) is 0 Å². The summed E-state index contributed by atoms with van der Waals surface area (Å²) < 4.78 is 40.5. The highest BCUT2D eigenvalue weighted by atomic mass is 32.2. The van der Waals surface area contributed by atoms with Crippen molar-refractivity contribution in [2.75, 3.05) is 6.54 Å². The Balaban J connectivity index is 2.17. The number of aliphatic hydroxyl groups is 1. The molecule has 1 aromatic carbocycles. The quantitative estimate of drug-likeness (QED) is 0.737. The van der Waals surface area contributed by atoms with Gasteiger partial charge in [0.1, 0.15) is 11.6 Å². The van der Waals surface area contributed by atoms with E-state index >= 15 is 0 Å². The van der Waals surface area contributed by atoms with Gasteiger partial charge in [-0.2, -0.15) is 0 Å². The fourth-order valence-electron chi connectivity index (χ4n) is 1.89. The summed E-state index contributed by atoms with van der Waals surface area (Å²) in [5, 5.41) is 9.05. The maximum atomic E-state index is 13.7. The molecule has 2 aromatic rings. The number of benzene rings is 1. The Labute approximate surface area is 122 Å². The van der Waals surface area contributed by atoms with E-state index in [-0.39, 0.29) is 22.6 Å². The van der Waals surface area contributed by atoms with Gasteiger partial charge in [0, 0.05) is 30.9 Å². The van der Waals surface area contributed by atoms with Crippen LogP contribution in [0.1, 0.15) is 17.0 Å². The van der Waals surface area contributed by atoms with Gasteiger partial charge in [-0.1, -0.05) is 0 Å². The molecule has 0 spiro atoms.